The molecule has 33 heavy (non-hydrogen) atoms. The van der Waals surface area contributed by atoms with Crippen LogP contribution in [0.1, 0.15) is 55.6 Å². The van der Waals surface area contributed by atoms with Crippen LogP contribution in [0.25, 0.3) is 11.2 Å². The lowest BCUT2D eigenvalue weighted by Gasteiger charge is -2.21. The van der Waals surface area contributed by atoms with Crippen molar-refractivity contribution in [3.05, 3.63) is 58.4 Å². The van der Waals surface area contributed by atoms with Gasteiger partial charge < -0.3 is 20.1 Å². The van der Waals surface area contributed by atoms with Crippen molar-refractivity contribution < 1.29 is 14.2 Å². The number of H-pyrrole nitrogens is 1. The van der Waals surface area contributed by atoms with Gasteiger partial charge >= 0.3 is 0 Å². The van der Waals surface area contributed by atoms with Crippen LogP contribution in [0.2, 0.25) is 0 Å². The standard InChI is InChI=1S/C24H30FN5O3/c25-18-20(31)17(13-26-12-11-15-7-3-1-4-8-15)33-24(18)30-14-27-19-22(30)28-21(29-23(19)32)16-9-5-2-6-10-16/h1,3-4,7-8,14,16-18,20,24,26,31H,2,5-6,9-13H2,(H,28,29,32). The number of aliphatic hydroxyl groups excluding tert-OH is 1. The number of fused-ring (bicyclic) bond motifs is 1. The molecule has 0 bridgehead atoms. The Bertz CT molecular complexity index is 1130. The quantitative estimate of drug-likeness (QED) is 0.473. The molecule has 3 heterocycles. The Morgan fingerprint density at radius 3 is 2.79 bits per heavy atom. The fourth-order valence-corrected chi connectivity index (χ4v) is 4.92. The normalized spacial score (nSPS) is 26.2. The number of halogens is 1. The van der Waals surface area contributed by atoms with Gasteiger partial charge in [0, 0.05) is 12.5 Å². The molecule has 0 amide bonds. The Labute approximate surface area is 191 Å². The van der Waals surface area contributed by atoms with Crippen LogP contribution in [0.4, 0.5) is 4.39 Å². The van der Waals surface area contributed by atoms with Gasteiger partial charge in [-0.25, -0.2) is 14.4 Å². The zero-order valence-corrected chi connectivity index (χ0v) is 18.5. The average Bonchev–Trinajstić information content (AvgIpc) is 3.39. The van der Waals surface area contributed by atoms with Crippen LogP contribution in [0.15, 0.2) is 41.5 Å². The fourth-order valence-electron chi connectivity index (χ4n) is 4.92. The molecular weight excluding hydrogens is 425 g/mol. The van der Waals surface area contributed by atoms with E-state index in [2.05, 4.69) is 32.4 Å². The number of nitrogens with one attached hydrogen (secondary N) is 2. The van der Waals surface area contributed by atoms with E-state index in [0.717, 1.165) is 32.1 Å². The minimum absolute atomic E-state index is 0.157. The predicted octanol–water partition coefficient (Wildman–Crippen LogP) is 2.60. The number of nitrogens with zero attached hydrogens (tertiary/aromatic N) is 3. The summed E-state index contributed by atoms with van der Waals surface area (Å²) in [7, 11) is 0. The summed E-state index contributed by atoms with van der Waals surface area (Å²) in [4.78, 5) is 24.3. The van der Waals surface area contributed by atoms with E-state index in [1.54, 1.807) is 0 Å². The number of aliphatic hydroxyl groups is 1. The molecule has 4 atom stereocenters. The van der Waals surface area contributed by atoms with Crippen LogP contribution in [0.5, 0.6) is 0 Å². The van der Waals surface area contributed by atoms with Crippen molar-refractivity contribution in [1.82, 2.24) is 24.8 Å². The molecule has 2 fully saturated rings. The third-order valence-electron chi connectivity index (χ3n) is 6.79. The molecule has 1 saturated heterocycles. The summed E-state index contributed by atoms with van der Waals surface area (Å²) in [5.74, 6) is 0.819. The highest BCUT2D eigenvalue weighted by atomic mass is 19.1. The third-order valence-corrected chi connectivity index (χ3v) is 6.79. The van der Waals surface area contributed by atoms with Gasteiger partial charge in [0.1, 0.15) is 18.0 Å². The molecule has 8 nitrogen and oxygen atoms in total. The molecule has 2 aromatic heterocycles. The molecule has 3 N–H and O–H groups in total. The molecule has 2 aliphatic rings. The second-order valence-electron chi connectivity index (χ2n) is 9.05. The second-order valence-corrected chi connectivity index (χ2v) is 9.05. The van der Waals surface area contributed by atoms with E-state index in [0.29, 0.717) is 24.6 Å². The molecule has 1 aromatic carbocycles. The van der Waals surface area contributed by atoms with Crippen molar-refractivity contribution in [2.75, 3.05) is 13.1 Å². The van der Waals surface area contributed by atoms with Crippen molar-refractivity contribution in [2.45, 2.75) is 69.1 Å². The lowest BCUT2D eigenvalue weighted by molar-refractivity contribution is -0.0214. The minimum atomic E-state index is -1.65. The zero-order chi connectivity index (χ0) is 22.8. The lowest BCUT2D eigenvalue weighted by Crippen LogP contribution is -2.37. The Kier molecular flexibility index (Phi) is 6.52. The average molecular weight is 456 g/mol. The van der Waals surface area contributed by atoms with Gasteiger partial charge in [-0.3, -0.25) is 9.36 Å². The largest absolute Gasteiger partial charge is 0.387 e. The summed E-state index contributed by atoms with van der Waals surface area (Å²) in [5.41, 5.74) is 1.34. The summed E-state index contributed by atoms with van der Waals surface area (Å²) in [6, 6.07) is 10.1. The van der Waals surface area contributed by atoms with Crippen molar-refractivity contribution >= 4 is 11.2 Å². The number of aromatic amines is 1. The number of hydrogen-bond donors (Lipinski definition) is 3. The Morgan fingerprint density at radius 2 is 2.00 bits per heavy atom. The summed E-state index contributed by atoms with van der Waals surface area (Å²) in [6.07, 6.45) is 2.84. The number of rotatable bonds is 7. The number of hydrogen-bond acceptors (Lipinski definition) is 6. The van der Waals surface area contributed by atoms with Gasteiger partial charge in [-0.05, 0) is 31.4 Å². The first kappa shape index (κ1) is 22.2. The predicted molar refractivity (Wildman–Crippen MR) is 122 cm³/mol. The summed E-state index contributed by atoms with van der Waals surface area (Å²) >= 11 is 0. The maximum atomic E-state index is 15.1. The second kappa shape index (κ2) is 9.70. The van der Waals surface area contributed by atoms with Crippen LogP contribution in [-0.2, 0) is 11.2 Å². The van der Waals surface area contributed by atoms with Crippen molar-refractivity contribution in [3.8, 4) is 0 Å². The Morgan fingerprint density at radius 1 is 1.21 bits per heavy atom. The van der Waals surface area contributed by atoms with E-state index in [-0.39, 0.29) is 17.0 Å². The van der Waals surface area contributed by atoms with Crippen LogP contribution >= 0.6 is 0 Å². The molecule has 0 spiro atoms. The molecule has 0 radical (unpaired) electrons. The molecule has 9 heteroatoms. The smallest absolute Gasteiger partial charge is 0.279 e. The molecular formula is C24H30FN5O3. The highest BCUT2D eigenvalue weighted by molar-refractivity contribution is 5.69. The maximum absolute atomic E-state index is 15.1. The van der Waals surface area contributed by atoms with E-state index in [9.17, 15) is 9.90 Å². The van der Waals surface area contributed by atoms with Crippen LogP contribution in [0.3, 0.4) is 0 Å². The molecule has 4 unspecified atom stereocenters. The number of benzene rings is 1. The van der Waals surface area contributed by atoms with E-state index in [1.165, 1.54) is 22.9 Å². The molecule has 1 aliphatic heterocycles. The molecule has 1 aliphatic carbocycles. The zero-order valence-electron chi connectivity index (χ0n) is 18.5. The first-order valence-corrected chi connectivity index (χ1v) is 11.8. The maximum Gasteiger partial charge on any atom is 0.279 e. The van der Waals surface area contributed by atoms with E-state index < -0.39 is 24.6 Å². The van der Waals surface area contributed by atoms with Crippen molar-refractivity contribution in [3.63, 3.8) is 0 Å². The Balaban J connectivity index is 1.29. The highest BCUT2D eigenvalue weighted by Crippen LogP contribution is 2.34. The van der Waals surface area contributed by atoms with Crippen LogP contribution < -0.4 is 10.9 Å². The van der Waals surface area contributed by atoms with E-state index in [4.69, 9.17) is 4.74 Å². The SMILES string of the molecule is O=c1[nH]c(C2CCCCC2)nc2c1ncn2C1OC(CNCCc2ccccc2)C(O)C1F. The van der Waals surface area contributed by atoms with Gasteiger partial charge in [0.25, 0.3) is 5.56 Å². The van der Waals surface area contributed by atoms with Crippen molar-refractivity contribution in [2.24, 2.45) is 0 Å². The first-order chi connectivity index (χ1) is 16.1. The molecule has 3 aromatic rings. The monoisotopic (exact) mass is 455 g/mol. The number of aromatic nitrogens is 4. The van der Waals surface area contributed by atoms with E-state index in [1.807, 2.05) is 18.2 Å². The number of alkyl halides is 1. The minimum Gasteiger partial charge on any atom is -0.387 e. The van der Waals surface area contributed by atoms with E-state index >= 15 is 4.39 Å². The third kappa shape index (κ3) is 4.58. The lowest BCUT2D eigenvalue weighted by atomic mass is 9.89. The van der Waals surface area contributed by atoms with Crippen LogP contribution in [0, 0.1) is 0 Å². The van der Waals surface area contributed by atoms with Crippen LogP contribution in [-0.4, -0.2) is 56.1 Å². The van der Waals surface area contributed by atoms with Gasteiger partial charge in [-0.2, -0.15) is 0 Å². The Hall–Kier alpha value is -2.62. The molecule has 5 rings (SSSR count). The molecule has 1 saturated carbocycles. The van der Waals surface area contributed by atoms with Gasteiger partial charge in [-0.1, -0.05) is 49.6 Å². The topological polar surface area (TPSA) is 105 Å². The van der Waals surface area contributed by atoms with Gasteiger partial charge in [-0.15, -0.1) is 0 Å². The number of ether oxygens (including phenoxy) is 1. The van der Waals surface area contributed by atoms with Crippen molar-refractivity contribution in [1.29, 1.82) is 0 Å². The number of imidazole rings is 1. The summed E-state index contributed by atoms with van der Waals surface area (Å²) in [6.45, 7) is 1.01. The highest BCUT2D eigenvalue weighted by Gasteiger charge is 2.45. The first-order valence-electron chi connectivity index (χ1n) is 11.8. The molecule has 176 valence electrons. The van der Waals surface area contributed by atoms with Gasteiger partial charge in [0.05, 0.1) is 6.33 Å². The summed E-state index contributed by atoms with van der Waals surface area (Å²) < 4.78 is 22.4. The summed E-state index contributed by atoms with van der Waals surface area (Å²) in [5, 5.41) is 13.7. The van der Waals surface area contributed by atoms with Gasteiger partial charge in [0.2, 0.25) is 0 Å². The fraction of sp³-hybridized carbons (Fsp3) is 0.542. The van der Waals surface area contributed by atoms with Gasteiger partial charge in [0.15, 0.2) is 23.6 Å².